The van der Waals surface area contributed by atoms with E-state index in [2.05, 4.69) is 10.2 Å². The van der Waals surface area contributed by atoms with Crippen LogP contribution < -0.4 is 10.1 Å². The van der Waals surface area contributed by atoms with E-state index in [0.717, 1.165) is 55.3 Å². The Morgan fingerprint density at radius 2 is 1.76 bits per heavy atom. The highest BCUT2D eigenvalue weighted by Gasteiger charge is 2.24. The second kappa shape index (κ2) is 13.4. The molecule has 1 amide bonds. The molecule has 0 saturated heterocycles. The van der Waals surface area contributed by atoms with Crippen molar-refractivity contribution >= 4 is 29.1 Å². The first-order valence-electron chi connectivity index (χ1n) is 13.0. The lowest BCUT2D eigenvalue weighted by Gasteiger charge is -2.28. The molecule has 6 nitrogen and oxygen atoms in total. The summed E-state index contributed by atoms with van der Waals surface area (Å²) < 4.78 is 11.5. The third kappa shape index (κ3) is 7.26. The predicted molar refractivity (Wildman–Crippen MR) is 154 cm³/mol. The van der Waals surface area contributed by atoms with Crippen molar-refractivity contribution in [2.45, 2.75) is 44.2 Å². The van der Waals surface area contributed by atoms with Crippen molar-refractivity contribution in [3.8, 4) is 28.1 Å². The van der Waals surface area contributed by atoms with Gasteiger partial charge in [0.1, 0.15) is 11.4 Å². The molecule has 1 aliphatic rings. The van der Waals surface area contributed by atoms with E-state index in [-0.39, 0.29) is 18.1 Å². The number of hydrogen-bond acceptors (Lipinski definition) is 5. The molecule has 38 heavy (non-hydrogen) atoms. The molecule has 1 N–H and O–H groups in total. The van der Waals surface area contributed by atoms with Gasteiger partial charge in [-0.15, -0.1) is 0 Å². The summed E-state index contributed by atoms with van der Waals surface area (Å²) in [6.45, 7) is 1.46. The highest BCUT2D eigenvalue weighted by atomic mass is 35.5. The van der Waals surface area contributed by atoms with Crippen molar-refractivity contribution in [3.05, 3.63) is 70.3 Å². The maximum absolute atomic E-state index is 13.2. The molecule has 1 aromatic heterocycles. The van der Waals surface area contributed by atoms with E-state index in [9.17, 15) is 4.79 Å². The van der Waals surface area contributed by atoms with Crippen molar-refractivity contribution in [2.75, 3.05) is 34.4 Å². The van der Waals surface area contributed by atoms with Crippen LogP contribution in [0.1, 0.15) is 42.6 Å². The first-order valence-corrected chi connectivity index (χ1v) is 13.8. The number of rotatable bonds is 10. The fourth-order valence-electron chi connectivity index (χ4n) is 4.73. The number of methoxy groups -OCH3 is 1. The summed E-state index contributed by atoms with van der Waals surface area (Å²) in [5.74, 6) is 0.395. The molecule has 4 rings (SSSR count). The van der Waals surface area contributed by atoms with Gasteiger partial charge in [-0.3, -0.25) is 4.79 Å². The number of nitrogens with one attached hydrogen (secondary N) is 1. The Kier molecular flexibility index (Phi) is 10.0. The number of ether oxygens (including phenoxy) is 2. The van der Waals surface area contributed by atoms with Gasteiger partial charge < -0.3 is 19.7 Å². The van der Waals surface area contributed by atoms with Crippen LogP contribution in [0.25, 0.3) is 22.4 Å². The predicted octanol–water partition coefficient (Wildman–Crippen LogP) is 6.74. The molecule has 0 radical (unpaired) electrons. The lowest BCUT2D eigenvalue weighted by atomic mass is 9.93. The molecular weight excluding hydrogens is 521 g/mol. The zero-order chi connectivity index (χ0) is 27.1. The summed E-state index contributed by atoms with van der Waals surface area (Å²) in [6, 6.07) is 17.0. The van der Waals surface area contributed by atoms with Crippen molar-refractivity contribution < 1.29 is 14.3 Å². The zero-order valence-electron chi connectivity index (χ0n) is 22.2. The number of carbonyl (C=O) groups excluding carboxylic acids is 1. The summed E-state index contributed by atoms with van der Waals surface area (Å²) >= 11 is 13.0. The van der Waals surface area contributed by atoms with Crippen molar-refractivity contribution in [2.24, 2.45) is 0 Å². The van der Waals surface area contributed by atoms with E-state index in [0.29, 0.717) is 33.8 Å². The van der Waals surface area contributed by atoms with Gasteiger partial charge in [0, 0.05) is 41.4 Å². The van der Waals surface area contributed by atoms with Crippen LogP contribution in [0.5, 0.6) is 5.75 Å². The molecule has 1 fully saturated rings. The van der Waals surface area contributed by atoms with Crippen LogP contribution in [0.2, 0.25) is 10.0 Å². The molecule has 0 atom stereocenters. The maximum Gasteiger partial charge on any atom is 0.270 e. The Morgan fingerprint density at radius 1 is 1.00 bits per heavy atom. The van der Waals surface area contributed by atoms with E-state index in [1.807, 2.05) is 56.6 Å². The highest BCUT2D eigenvalue weighted by Crippen LogP contribution is 2.38. The third-order valence-electron chi connectivity index (χ3n) is 6.85. The standard InChI is InChI=1S/C30H35Cl2N3O3/c1-35(2)17-6-18-38-28-19-20(9-15-26(28)32)29-24(23-7-4-5-8-25(23)31)14-16-27(34-29)30(36)33-21-10-12-22(37-3)13-11-21/h4-5,7-9,14-16,19,21-22H,6,10-13,17-18H2,1-3H3,(H,33,36). The van der Waals surface area contributed by atoms with Gasteiger partial charge in [-0.05, 0) is 76.5 Å². The van der Waals surface area contributed by atoms with Gasteiger partial charge in [0.05, 0.1) is 23.4 Å². The molecule has 1 saturated carbocycles. The van der Waals surface area contributed by atoms with Gasteiger partial charge in [0.25, 0.3) is 5.91 Å². The van der Waals surface area contributed by atoms with Crippen LogP contribution in [0.3, 0.4) is 0 Å². The van der Waals surface area contributed by atoms with E-state index >= 15 is 0 Å². The van der Waals surface area contributed by atoms with Crippen molar-refractivity contribution in [1.29, 1.82) is 0 Å². The maximum atomic E-state index is 13.2. The largest absolute Gasteiger partial charge is 0.492 e. The van der Waals surface area contributed by atoms with Gasteiger partial charge in [-0.2, -0.15) is 0 Å². The second-order valence-corrected chi connectivity index (χ2v) is 10.7. The second-order valence-electron chi connectivity index (χ2n) is 9.91. The number of pyridine rings is 1. The summed E-state index contributed by atoms with van der Waals surface area (Å²) in [5.41, 5.74) is 3.46. The lowest BCUT2D eigenvalue weighted by Crippen LogP contribution is -2.39. The van der Waals surface area contributed by atoms with Crippen LogP contribution in [-0.4, -0.2) is 62.3 Å². The van der Waals surface area contributed by atoms with E-state index in [1.165, 1.54) is 0 Å². The Balaban J connectivity index is 1.64. The molecule has 0 bridgehead atoms. The monoisotopic (exact) mass is 555 g/mol. The molecule has 1 aliphatic carbocycles. The SMILES string of the molecule is COC1CCC(NC(=O)c2ccc(-c3ccccc3Cl)c(-c3ccc(Cl)c(OCCCN(C)C)c3)n2)CC1. The minimum absolute atomic E-state index is 0.111. The minimum Gasteiger partial charge on any atom is -0.492 e. The smallest absolute Gasteiger partial charge is 0.270 e. The number of halogens is 2. The molecule has 0 spiro atoms. The Hall–Kier alpha value is -2.64. The molecule has 2 aromatic carbocycles. The first kappa shape index (κ1) is 28.4. The lowest BCUT2D eigenvalue weighted by molar-refractivity contribution is 0.0598. The average molecular weight is 557 g/mol. The Morgan fingerprint density at radius 3 is 2.47 bits per heavy atom. The molecule has 3 aromatic rings. The minimum atomic E-state index is -0.188. The molecule has 202 valence electrons. The number of carbonyl (C=O) groups is 1. The highest BCUT2D eigenvalue weighted by molar-refractivity contribution is 6.33. The van der Waals surface area contributed by atoms with Gasteiger partial charge in [0.2, 0.25) is 0 Å². The van der Waals surface area contributed by atoms with Gasteiger partial charge in [-0.1, -0.05) is 47.5 Å². The fraction of sp³-hybridized carbons (Fsp3) is 0.400. The van der Waals surface area contributed by atoms with Crippen LogP contribution in [-0.2, 0) is 4.74 Å². The Bertz CT molecular complexity index is 1240. The van der Waals surface area contributed by atoms with E-state index in [1.54, 1.807) is 19.2 Å². The Labute approximate surface area is 235 Å². The van der Waals surface area contributed by atoms with Gasteiger partial charge >= 0.3 is 0 Å². The summed E-state index contributed by atoms with van der Waals surface area (Å²) in [5, 5.41) is 4.29. The zero-order valence-corrected chi connectivity index (χ0v) is 23.7. The van der Waals surface area contributed by atoms with Crippen molar-refractivity contribution in [3.63, 3.8) is 0 Å². The number of nitrogens with zero attached hydrogens (tertiary/aromatic N) is 2. The molecular formula is C30H35Cl2N3O3. The first-order chi connectivity index (χ1) is 18.4. The molecule has 8 heteroatoms. The van der Waals surface area contributed by atoms with Crippen LogP contribution in [0, 0.1) is 0 Å². The number of benzene rings is 2. The number of aromatic nitrogens is 1. The van der Waals surface area contributed by atoms with Gasteiger partial charge in [-0.25, -0.2) is 4.98 Å². The summed E-state index contributed by atoms with van der Waals surface area (Å²) in [6.07, 6.45) is 4.80. The number of amides is 1. The number of hydrogen-bond donors (Lipinski definition) is 1. The van der Waals surface area contributed by atoms with Gasteiger partial charge in [0.15, 0.2) is 0 Å². The van der Waals surface area contributed by atoms with Crippen LogP contribution in [0.4, 0.5) is 0 Å². The summed E-state index contributed by atoms with van der Waals surface area (Å²) in [4.78, 5) is 20.2. The van der Waals surface area contributed by atoms with E-state index < -0.39 is 0 Å². The molecule has 0 aliphatic heterocycles. The molecule has 0 unspecified atom stereocenters. The molecule has 1 heterocycles. The average Bonchev–Trinajstić information content (AvgIpc) is 2.92. The summed E-state index contributed by atoms with van der Waals surface area (Å²) in [7, 11) is 5.80. The fourth-order valence-corrected chi connectivity index (χ4v) is 5.14. The normalized spacial score (nSPS) is 17.4. The van der Waals surface area contributed by atoms with Crippen molar-refractivity contribution in [1.82, 2.24) is 15.2 Å². The van der Waals surface area contributed by atoms with E-state index in [4.69, 9.17) is 37.7 Å². The third-order valence-corrected chi connectivity index (χ3v) is 7.49. The quantitative estimate of drug-likeness (QED) is 0.280. The van der Waals surface area contributed by atoms with Crippen LogP contribution >= 0.6 is 23.2 Å². The van der Waals surface area contributed by atoms with Crippen LogP contribution in [0.15, 0.2) is 54.6 Å². The topological polar surface area (TPSA) is 63.7 Å².